The molecule has 0 aromatic heterocycles. The number of amides is 1. The van der Waals surface area contributed by atoms with E-state index >= 15 is 0 Å². The first-order valence-electron chi connectivity index (χ1n) is 6.37. The summed E-state index contributed by atoms with van der Waals surface area (Å²) in [6.45, 7) is 7.01. The van der Waals surface area contributed by atoms with E-state index in [9.17, 15) is 4.79 Å². The Balaban J connectivity index is 1.86. The molecule has 4 nitrogen and oxygen atoms in total. The average molecular weight is 261 g/mol. The number of hydrogen-bond acceptors (Lipinski definition) is 3. The Morgan fingerprint density at radius 3 is 2.59 bits per heavy atom. The Bertz CT molecular complexity index is 272. The van der Waals surface area contributed by atoms with E-state index in [2.05, 4.69) is 4.90 Å². The molecule has 2 fully saturated rings. The third-order valence-corrected chi connectivity index (χ3v) is 3.90. The van der Waals surface area contributed by atoms with Crippen LogP contribution in [0.2, 0.25) is 0 Å². The van der Waals surface area contributed by atoms with Gasteiger partial charge in [0.15, 0.2) is 0 Å². The second kappa shape index (κ2) is 5.55. The minimum absolute atomic E-state index is 0.167. The van der Waals surface area contributed by atoms with Crippen molar-refractivity contribution in [2.45, 2.75) is 25.4 Å². The number of alkyl halides is 1. The summed E-state index contributed by atoms with van der Waals surface area (Å²) < 4.78 is 5.60. The van der Waals surface area contributed by atoms with Crippen molar-refractivity contribution in [3.8, 4) is 0 Å². The molecule has 1 atom stereocenters. The lowest BCUT2D eigenvalue weighted by atomic mass is 10.0. The van der Waals surface area contributed by atoms with Crippen molar-refractivity contribution >= 4 is 17.5 Å². The quantitative estimate of drug-likeness (QED) is 0.708. The number of ether oxygens (including phenoxy) is 1. The SMILES string of the molecule is CC1(C(=O)N2CCN(CCCl)CC2)CCCO1. The molecule has 0 aromatic rings. The van der Waals surface area contributed by atoms with Gasteiger partial charge in [0.1, 0.15) is 5.60 Å². The van der Waals surface area contributed by atoms with Crippen LogP contribution in [0.5, 0.6) is 0 Å². The predicted octanol–water partition coefficient (Wildman–Crippen LogP) is 0.938. The molecule has 5 heteroatoms. The van der Waals surface area contributed by atoms with Crippen molar-refractivity contribution in [1.29, 1.82) is 0 Å². The molecular weight excluding hydrogens is 240 g/mol. The summed E-state index contributed by atoms with van der Waals surface area (Å²) in [5.41, 5.74) is -0.561. The monoisotopic (exact) mass is 260 g/mol. The summed E-state index contributed by atoms with van der Waals surface area (Å²) >= 11 is 5.72. The minimum atomic E-state index is -0.561. The topological polar surface area (TPSA) is 32.8 Å². The van der Waals surface area contributed by atoms with Crippen LogP contribution in [-0.4, -0.2) is 66.5 Å². The molecule has 0 aliphatic carbocycles. The maximum atomic E-state index is 12.3. The summed E-state index contributed by atoms with van der Waals surface area (Å²) in [6.07, 6.45) is 1.85. The molecule has 0 spiro atoms. The van der Waals surface area contributed by atoms with Crippen molar-refractivity contribution in [2.75, 3.05) is 45.2 Å². The highest BCUT2D eigenvalue weighted by molar-refractivity contribution is 6.18. The van der Waals surface area contributed by atoms with Crippen molar-refractivity contribution in [2.24, 2.45) is 0 Å². The van der Waals surface area contributed by atoms with Crippen molar-refractivity contribution in [1.82, 2.24) is 9.80 Å². The first-order valence-corrected chi connectivity index (χ1v) is 6.91. The summed E-state index contributed by atoms with van der Waals surface area (Å²) in [6, 6.07) is 0. The van der Waals surface area contributed by atoms with Crippen LogP contribution in [0.15, 0.2) is 0 Å². The van der Waals surface area contributed by atoms with E-state index < -0.39 is 5.60 Å². The van der Waals surface area contributed by atoms with Gasteiger partial charge in [0, 0.05) is 45.2 Å². The van der Waals surface area contributed by atoms with Gasteiger partial charge in [-0.25, -0.2) is 0 Å². The highest BCUT2D eigenvalue weighted by Crippen LogP contribution is 2.27. The van der Waals surface area contributed by atoms with Crippen LogP contribution < -0.4 is 0 Å². The molecule has 2 aliphatic heterocycles. The molecule has 98 valence electrons. The van der Waals surface area contributed by atoms with Gasteiger partial charge in [-0.1, -0.05) is 0 Å². The van der Waals surface area contributed by atoms with Gasteiger partial charge in [0.2, 0.25) is 0 Å². The Kier molecular flexibility index (Phi) is 4.28. The highest BCUT2D eigenvalue weighted by atomic mass is 35.5. The molecule has 0 radical (unpaired) electrons. The van der Waals surface area contributed by atoms with Gasteiger partial charge in [-0.2, -0.15) is 0 Å². The van der Waals surface area contributed by atoms with Crippen molar-refractivity contribution in [3.63, 3.8) is 0 Å². The van der Waals surface area contributed by atoms with Crippen LogP contribution >= 0.6 is 11.6 Å². The third-order valence-electron chi connectivity index (χ3n) is 3.73. The fraction of sp³-hybridized carbons (Fsp3) is 0.917. The van der Waals surface area contributed by atoms with Crippen molar-refractivity contribution < 1.29 is 9.53 Å². The van der Waals surface area contributed by atoms with Gasteiger partial charge in [-0.05, 0) is 19.8 Å². The molecule has 2 aliphatic rings. The second-order valence-corrected chi connectivity index (χ2v) is 5.38. The molecule has 17 heavy (non-hydrogen) atoms. The van der Waals surface area contributed by atoms with Crippen LogP contribution in [0.25, 0.3) is 0 Å². The summed E-state index contributed by atoms with van der Waals surface area (Å²) in [7, 11) is 0. The zero-order chi connectivity index (χ0) is 12.3. The summed E-state index contributed by atoms with van der Waals surface area (Å²) in [4.78, 5) is 16.6. The zero-order valence-corrected chi connectivity index (χ0v) is 11.2. The van der Waals surface area contributed by atoms with Crippen LogP contribution in [0, 0.1) is 0 Å². The molecule has 2 heterocycles. The van der Waals surface area contributed by atoms with Gasteiger partial charge < -0.3 is 9.64 Å². The van der Waals surface area contributed by atoms with Gasteiger partial charge >= 0.3 is 0 Å². The zero-order valence-electron chi connectivity index (χ0n) is 10.5. The summed E-state index contributed by atoms with van der Waals surface area (Å²) in [5.74, 6) is 0.829. The van der Waals surface area contributed by atoms with E-state index in [0.29, 0.717) is 12.5 Å². The Morgan fingerprint density at radius 2 is 2.06 bits per heavy atom. The van der Waals surface area contributed by atoms with Crippen LogP contribution in [-0.2, 0) is 9.53 Å². The maximum Gasteiger partial charge on any atom is 0.254 e. The minimum Gasteiger partial charge on any atom is -0.365 e. The van der Waals surface area contributed by atoms with Crippen molar-refractivity contribution in [3.05, 3.63) is 0 Å². The smallest absolute Gasteiger partial charge is 0.254 e. The van der Waals surface area contributed by atoms with E-state index in [1.165, 1.54) is 0 Å². The molecule has 1 unspecified atom stereocenters. The molecule has 2 rings (SSSR count). The first-order chi connectivity index (χ1) is 8.15. The molecule has 0 saturated carbocycles. The number of halogens is 1. The molecular formula is C12H21ClN2O2. The maximum absolute atomic E-state index is 12.3. The molecule has 0 N–H and O–H groups in total. The van der Waals surface area contributed by atoms with Gasteiger partial charge in [-0.15, -0.1) is 11.6 Å². The fourth-order valence-electron chi connectivity index (χ4n) is 2.58. The third kappa shape index (κ3) is 2.92. The molecule has 0 bridgehead atoms. The largest absolute Gasteiger partial charge is 0.365 e. The normalized spacial score (nSPS) is 30.8. The Hall–Kier alpha value is -0.320. The Labute approximate surface area is 108 Å². The number of hydrogen-bond donors (Lipinski definition) is 0. The predicted molar refractivity (Wildman–Crippen MR) is 67.3 cm³/mol. The van der Waals surface area contributed by atoms with Crippen LogP contribution in [0.4, 0.5) is 0 Å². The number of rotatable bonds is 3. The fourth-order valence-corrected chi connectivity index (χ4v) is 2.82. The van der Waals surface area contributed by atoms with E-state index in [1.54, 1.807) is 0 Å². The lowest BCUT2D eigenvalue weighted by Gasteiger charge is -2.38. The van der Waals surface area contributed by atoms with E-state index in [4.69, 9.17) is 16.3 Å². The van der Waals surface area contributed by atoms with E-state index in [1.807, 2.05) is 11.8 Å². The lowest BCUT2D eigenvalue weighted by Crippen LogP contribution is -2.54. The standard InChI is InChI=1S/C12H21ClN2O2/c1-12(3-2-10-17-12)11(16)15-8-6-14(5-4-13)7-9-15/h2-10H2,1H3. The number of carbonyl (C=O) groups is 1. The van der Waals surface area contributed by atoms with Crippen LogP contribution in [0.1, 0.15) is 19.8 Å². The molecule has 0 aromatic carbocycles. The summed E-state index contributed by atoms with van der Waals surface area (Å²) in [5, 5.41) is 0. The van der Waals surface area contributed by atoms with E-state index in [0.717, 1.165) is 45.6 Å². The van der Waals surface area contributed by atoms with Gasteiger partial charge in [-0.3, -0.25) is 9.69 Å². The average Bonchev–Trinajstić information content (AvgIpc) is 2.78. The number of nitrogens with zero attached hydrogens (tertiary/aromatic N) is 2. The molecule has 2 saturated heterocycles. The highest BCUT2D eigenvalue weighted by Gasteiger charge is 2.41. The Morgan fingerprint density at radius 1 is 1.35 bits per heavy atom. The molecule has 1 amide bonds. The number of piperazine rings is 1. The van der Waals surface area contributed by atoms with Gasteiger partial charge in [0.25, 0.3) is 5.91 Å². The lowest BCUT2D eigenvalue weighted by molar-refractivity contribution is -0.152. The van der Waals surface area contributed by atoms with Gasteiger partial charge in [0.05, 0.1) is 0 Å². The van der Waals surface area contributed by atoms with Crippen LogP contribution in [0.3, 0.4) is 0 Å². The van der Waals surface area contributed by atoms with E-state index in [-0.39, 0.29) is 5.91 Å². The first kappa shape index (κ1) is 13.1. The number of carbonyl (C=O) groups excluding carboxylic acids is 1. The second-order valence-electron chi connectivity index (χ2n) is 5.01.